The summed E-state index contributed by atoms with van der Waals surface area (Å²) in [5.74, 6) is 1.66. The predicted octanol–water partition coefficient (Wildman–Crippen LogP) is 1.53. The van der Waals surface area contributed by atoms with E-state index in [-0.39, 0.29) is 12.5 Å². The Morgan fingerprint density at radius 3 is 3.00 bits per heavy atom. The second kappa shape index (κ2) is 6.15. The van der Waals surface area contributed by atoms with Gasteiger partial charge in [-0.05, 0) is 19.1 Å². The number of nitrogens with zero attached hydrogens (tertiary/aromatic N) is 4. The third-order valence-electron chi connectivity index (χ3n) is 3.68. The summed E-state index contributed by atoms with van der Waals surface area (Å²) in [6, 6.07) is 3.76. The number of aliphatic hydroxyl groups excluding tert-OH is 1. The molecule has 0 amide bonds. The van der Waals surface area contributed by atoms with Crippen molar-refractivity contribution in [3.05, 3.63) is 36.2 Å². The molecule has 0 fully saturated rings. The number of hydrogen-bond acceptors (Lipinski definition) is 6. The molecule has 0 aromatic carbocycles. The molecule has 0 saturated carbocycles. The minimum atomic E-state index is 0.0492. The van der Waals surface area contributed by atoms with Gasteiger partial charge >= 0.3 is 0 Å². The van der Waals surface area contributed by atoms with Crippen LogP contribution in [-0.4, -0.2) is 38.0 Å². The van der Waals surface area contributed by atoms with Crippen molar-refractivity contribution in [2.75, 3.05) is 18.5 Å². The number of hydrogen-bond donors (Lipinski definition) is 2. The van der Waals surface area contributed by atoms with Gasteiger partial charge < -0.3 is 14.8 Å². The van der Waals surface area contributed by atoms with Crippen LogP contribution in [0.4, 0.5) is 5.82 Å². The summed E-state index contributed by atoms with van der Waals surface area (Å²) in [6.45, 7) is 2.61. The van der Waals surface area contributed by atoms with Crippen LogP contribution in [0.15, 0.2) is 29.1 Å². The van der Waals surface area contributed by atoms with Gasteiger partial charge in [-0.2, -0.15) is 5.10 Å². The minimum absolute atomic E-state index is 0.0492. The average molecular weight is 301 g/mol. The van der Waals surface area contributed by atoms with Crippen LogP contribution < -0.4 is 5.32 Å². The number of aryl methyl sites for hydroxylation is 2. The molecule has 0 aliphatic rings. The lowest BCUT2D eigenvalue weighted by molar-refractivity contribution is 0.226. The highest BCUT2D eigenvalue weighted by molar-refractivity contribution is 5.89. The van der Waals surface area contributed by atoms with Crippen LogP contribution in [0.2, 0.25) is 0 Å². The predicted molar refractivity (Wildman–Crippen MR) is 82.5 cm³/mol. The molecule has 0 radical (unpaired) electrons. The molecule has 22 heavy (non-hydrogen) atoms. The molecule has 0 saturated heterocycles. The minimum Gasteiger partial charge on any atom is -0.469 e. The van der Waals surface area contributed by atoms with Crippen LogP contribution in [-0.2, 0) is 13.5 Å². The van der Waals surface area contributed by atoms with Crippen molar-refractivity contribution in [1.82, 2.24) is 19.7 Å². The van der Waals surface area contributed by atoms with Crippen molar-refractivity contribution in [2.45, 2.75) is 13.3 Å². The van der Waals surface area contributed by atoms with Crippen LogP contribution in [0.3, 0.4) is 0 Å². The Morgan fingerprint density at radius 2 is 2.27 bits per heavy atom. The van der Waals surface area contributed by atoms with Crippen molar-refractivity contribution >= 4 is 16.9 Å². The molecule has 2 N–H and O–H groups in total. The van der Waals surface area contributed by atoms with E-state index in [0.29, 0.717) is 13.0 Å². The first kappa shape index (κ1) is 14.5. The third kappa shape index (κ3) is 2.80. The molecule has 7 nitrogen and oxygen atoms in total. The quantitative estimate of drug-likeness (QED) is 0.717. The number of aliphatic hydroxyl groups is 1. The number of anilines is 1. The average Bonchev–Trinajstić information content (AvgIpc) is 3.12. The second-order valence-corrected chi connectivity index (χ2v) is 5.34. The van der Waals surface area contributed by atoms with E-state index in [1.54, 1.807) is 10.9 Å². The monoisotopic (exact) mass is 301 g/mol. The number of furan rings is 1. The summed E-state index contributed by atoms with van der Waals surface area (Å²) in [5.41, 5.74) is 1.67. The van der Waals surface area contributed by atoms with E-state index in [1.165, 1.54) is 6.33 Å². The summed E-state index contributed by atoms with van der Waals surface area (Å²) in [5, 5.41) is 18.1. The van der Waals surface area contributed by atoms with Crippen molar-refractivity contribution < 1.29 is 9.52 Å². The lowest BCUT2D eigenvalue weighted by Gasteiger charge is -2.14. The smallest absolute Gasteiger partial charge is 0.163 e. The number of rotatable bonds is 6. The van der Waals surface area contributed by atoms with Gasteiger partial charge in [0.25, 0.3) is 0 Å². The van der Waals surface area contributed by atoms with Crippen LogP contribution in [0.25, 0.3) is 11.0 Å². The van der Waals surface area contributed by atoms with Crippen LogP contribution in [0, 0.1) is 12.8 Å². The van der Waals surface area contributed by atoms with Crippen molar-refractivity contribution in [3.63, 3.8) is 0 Å². The Bertz CT molecular complexity index is 751. The van der Waals surface area contributed by atoms with E-state index < -0.39 is 0 Å². The summed E-state index contributed by atoms with van der Waals surface area (Å²) in [4.78, 5) is 8.56. The lowest BCUT2D eigenvalue weighted by Crippen LogP contribution is -2.20. The Hall–Kier alpha value is -2.41. The van der Waals surface area contributed by atoms with E-state index in [4.69, 9.17) is 4.42 Å². The van der Waals surface area contributed by atoms with Gasteiger partial charge in [-0.3, -0.25) is 4.68 Å². The standard InChI is InChI=1S/C15H19N5O2/c1-10-13-14(17-9-18-15(13)20(2)19-10)16-7-11(8-21)6-12-4-3-5-22-12/h3-5,9,11,21H,6-8H2,1-2H3,(H,16,17,18)/t11-/m1/s1. The molecular weight excluding hydrogens is 282 g/mol. The summed E-state index contributed by atoms with van der Waals surface area (Å²) in [7, 11) is 1.86. The summed E-state index contributed by atoms with van der Waals surface area (Å²) < 4.78 is 7.07. The van der Waals surface area contributed by atoms with Gasteiger partial charge in [0.2, 0.25) is 0 Å². The highest BCUT2D eigenvalue weighted by Crippen LogP contribution is 2.22. The maximum absolute atomic E-state index is 9.54. The molecule has 0 unspecified atom stereocenters. The Morgan fingerprint density at radius 1 is 1.41 bits per heavy atom. The zero-order valence-corrected chi connectivity index (χ0v) is 12.7. The molecular formula is C15H19N5O2. The molecule has 0 bridgehead atoms. The second-order valence-electron chi connectivity index (χ2n) is 5.34. The molecule has 3 rings (SSSR count). The first-order chi connectivity index (χ1) is 10.7. The number of nitrogens with one attached hydrogen (secondary N) is 1. The molecule has 0 spiro atoms. The van der Waals surface area contributed by atoms with Crippen molar-refractivity contribution in [2.24, 2.45) is 13.0 Å². The number of aromatic nitrogens is 4. The Kier molecular flexibility index (Phi) is 4.06. The summed E-state index contributed by atoms with van der Waals surface area (Å²) in [6.07, 6.45) is 3.84. The normalized spacial score (nSPS) is 12.7. The van der Waals surface area contributed by atoms with E-state index in [2.05, 4.69) is 20.4 Å². The first-order valence-electron chi connectivity index (χ1n) is 7.20. The van der Waals surface area contributed by atoms with Crippen molar-refractivity contribution in [1.29, 1.82) is 0 Å². The molecule has 116 valence electrons. The molecule has 3 heterocycles. The lowest BCUT2D eigenvalue weighted by atomic mass is 10.1. The highest BCUT2D eigenvalue weighted by atomic mass is 16.3. The van der Waals surface area contributed by atoms with E-state index in [9.17, 15) is 5.11 Å². The van der Waals surface area contributed by atoms with E-state index in [1.807, 2.05) is 26.1 Å². The first-order valence-corrected chi connectivity index (χ1v) is 7.20. The molecule has 3 aromatic heterocycles. The third-order valence-corrected chi connectivity index (χ3v) is 3.68. The van der Waals surface area contributed by atoms with Gasteiger partial charge in [-0.15, -0.1) is 0 Å². The molecule has 1 atom stereocenters. The maximum Gasteiger partial charge on any atom is 0.163 e. The highest BCUT2D eigenvalue weighted by Gasteiger charge is 2.15. The SMILES string of the molecule is Cc1nn(C)c2ncnc(NC[C@H](CO)Cc3ccco3)c12. The fraction of sp³-hybridized carbons (Fsp3) is 0.400. The van der Waals surface area contributed by atoms with E-state index in [0.717, 1.165) is 28.3 Å². The fourth-order valence-electron chi connectivity index (χ4n) is 2.57. The van der Waals surface area contributed by atoms with Gasteiger partial charge in [0.15, 0.2) is 5.65 Å². The number of fused-ring (bicyclic) bond motifs is 1. The summed E-state index contributed by atoms with van der Waals surface area (Å²) >= 11 is 0. The van der Waals surface area contributed by atoms with Gasteiger partial charge in [0.1, 0.15) is 17.9 Å². The molecule has 7 heteroatoms. The van der Waals surface area contributed by atoms with Crippen LogP contribution in [0.1, 0.15) is 11.5 Å². The van der Waals surface area contributed by atoms with E-state index >= 15 is 0 Å². The van der Waals surface area contributed by atoms with Gasteiger partial charge in [0, 0.05) is 32.5 Å². The largest absolute Gasteiger partial charge is 0.469 e. The van der Waals surface area contributed by atoms with Crippen LogP contribution in [0.5, 0.6) is 0 Å². The zero-order valence-electron chi connectivity index (χ0n) is 12.7. The Labute approximate surface area is 128 Å². The zero-order chi connectivity index (χ0) is 15.5. The molecule has 0 aliphatic carbocycles. The van der Waals surface area contributed by atoms with Gasteiger partial charge in [0.05, 0.1) is 17.3 Å². The van der Waals surface area contributed by atoms with Gasteiger partial charge in [-0.25, -0.2) is 9.97 Å². The molecule has 0 aliphatic heterocycles. The fourth-order valence-corrected chi connectivity index (χ4v) is 2.57. The van der Waals surface area contributed by atoms with Crippen molar-refractivity contribution in [3.8, 4) is 0 Å². The Balaban J connectivity index is 1.75. The molecule has 3 aromatic rings. The maximum atomic E-state index is 9.54. The van der Waals surface area contributed by atoms with Crippen LogP contribution >= 0.6 is 0 Å². The topological polar surface area (TPSA) is 89.0 Å². The van der Waals surface area contributed by atoms with Gasteiger partial charge in [-0.1, -0.05) is 0 Å².